The molecule has 1 N–H and O–H groups in total. The molecule has 2 heterocycles. The minimum atomic E-state index is -0.223. The van der Waals surface area contributed by atoms with E-state index in [1.165, 1.54) is 4.52 Å². The average molecular weight is 478 g/mol. The van der Waals surface area contributed by atoms with Crippen LogP contribution in [0.3, 0.4) is 0 Å². The Bertz CT molecular complexity index is 1380. The highest BCUT2D eigenvalue weighted by Crippen LogP contribution is 2.24. The number of carbonyl (C=O) groups excluding carboxylic acids is 1. The number of amides is 1. The summed E-state index contributed by atoms with van der Waals surface area (Å²) < 4.78 is 8.89. The summed E-state index contributed by atoms with van der Waals surface area (Å²) in [6.45, 7) is 7.89. The molecule has 4 rings (SSSR count). The summed E-state index contributed by atoms with van der Waals surface area (Å²) in [7, 11) is 0. The molecule has 0 unspecified atom stereocenters. The van der Waals surface area contributed by atoms with Crippen LogP contribution in [0.4, 0.5) is 5.69 Å². The van der Waals surface area contributed by atoms with E-state index >= 15 is 0 Å². The largest absolute Gasteiger partial charge is 0.483 e. The zero-order valence-electron chi connectivity index (χ0n) is 19.6. The highest BCUT2D eigenvalue weighted by Gasteiger charge is 2.11. The third kappa shape index (κ3) is 5.48. The number of thioether (sulfide) groups is 1. The van der Waals surface area contributed by atoms with Gasteiger partial charge in [0.2, 0.25) is 0 Å². The van der Waals surface area contributed by atoms with Gasteiger partial charge < -0.3 is 10.1 Å². The van der Waals surface area contributed by atoms with Crippen molar-refractivity contribution < 1.29 is 9.53 Å². The molecule has 0 aliphatic heterocycles. The van der Waals surface area contributed by atoms with Crippen LogP contribution in [0.25, 0.3) is 5.78 Å². The Labute approximate surface area is 202 Å². The number of aryl methyl sites for hydroxylation is 2. The quantitative estimate of drug-likeness (QED) is 0.378. The minimum Gasteiger partial charge on any atom is -0.483 e. The van der Waals surface area contributed by atoms with E-state index in [0.29, 0.717) is 28.7 Å². The van der Waals surface area contributed by atoms with Gasteiger partial charge >= 0.3 is 0 Å². The lowest BCUT2D eigenvalue weighted by molar-refractivity contribution is -0.118. The predicted molar refractivity (Wildman–Crippen MR) is 134 cm³/mol. The van der Waals surface area contributed by atoms with E-state index < -0.39 is 0 Å². The Morgan fingerprint density at radius 1 is 1.12 bits per heavy atom. The molecule has 1 amide bonds. The van der Waals surface area contributed by atoms with Gasteiger partial charge in [-0.05, 0) is 63.6 Å². The van der Waals surface area contributed by atoms with Crippen LogP contribution in [-0.2, 0) is 10.5 Å². The monoisotopic (exact) mass is 477 g/mol. The highest BCUT2D eigenvalue weighted by molar-refractivity contribution is 7.98. The van der Waals surface area contributed by atoms with Crippen LogP contribution in [0.5, 0.6) is 5.75 Å². The van der Waals surface area contributed by atoms with Crippen LogP contribution >= 0.6 is 11.8 Å². The minimum absolute atomic E-state index is 0.0589. The second-order valence-electron chi connectivity index (χ2n) is 8.33. The van der Waals surface area contributed by atoms with Gasteiger partial charge in [-0.1, -0.05) is 17.7 Å². The third-order valence-corrected chi connectivity index (χ3v) is 6.24. The van der Waals surface area contributed by atoms with Crippen molar-refractivity contribution in [1.29, 1.82) is 0 Å². The number of fused-ring (bicyclic) bond motifs is 1. The molecule has 0 aliphatic carbocycles. The summed E-state index contributed by atoms with van der Waals surface area (Å²) in [5.74, 6) is 1.42. The van der Waals surface area contributed by atoms with E-state index in [1.54, 1.807) is 28.8 Å². The summed E-state index contributed by atoms with van der Waals surface area (Å²) in [5.41, 5.74) is 3.37. The zero-order valence-corrected chi connectivity index (χ0v) is 20.4. The number of benzene rings is 2. The third-order valence-electron chi connectivity index (χ3n) is 5.20. The maximum absolute atomic E-state index is 12.5. The normalized spacial score (nSPS) is 11.2. The molecule has 0 spiro atoms. The second kappa shape index (κ2) is 10.1. The summed E-state index contributed by atoms with van der Waals surface area (Å²) in [4.78, 5) is 34.5. The molecule has 2 aromatic heterocycles. The standard InChI is InChI=1S/C25H27N5O3S/c1-16(2)29-15-26-25-28-20(12-24(32)30(25)29)14-34-21-8-6-19(7-9-21)27-23(31)13-33-22-10-5-17(3)11-18(22)4/h5-12,15-16H,13-14H2,1-4H3,(H,27,31). The van der Waals surface area contributed by atoms with Gasteiger partial charge in [-0.25, -0.2) is 4.98 Å². The molecule has 4 aromatic rings. The molecule has 9 heteroatoms. The number of hydrogen-bond acceptors (Lipinski definition) is 6. The first-order valence-electron chi connectivity index (χ1n) is 11.0. The van der Waals surface area contributed by atoms with Gasteiger partial charge in [-0.15, -0.1) is 11.8 Å². The van der Waals surface area contributed by atoms with Crippen LogP contribution in [0.15, 0.2) is 64.5 Å². The van der Waals surface area contributed by atoms with Gasteiger partial charge in [0.1, 0.15) is 12.1 Å². The van der Waals surface area contributed by atoms with E-state index in [2.05, 4.69) is 15.3 Å². The van der Waals surface area contributed by atoms with Gasteiger partial charge in [0.25, 0.3) is 17.2 Å². The molecule has 0 bridgehead atoms. The molecule has 8 nitrogen and oxygen atoms in total. The van der Waals surface area contributed by atoms with Gasteiger partial charge in [0.05, 0.1) is 5.69 Å². The molecule has 0 radical (unpaired) electrons. The molecule has 0 saturated carbocycles. The molecule has 0 saturated heterocycles. The van der Waals surface area contributed by atoms with E-state index in [-0.39, 0.29) is 24.1 Å². The van der Waals surface area contributed by atoms with Gasteiger partial charge in [0, 0.05) is 28.4 Å². The van der Waals surface area contributed by atoms with Crippen LogP contribution in [0.1, 0.15) is 36.7 Å². The number of ether oxygens (including phenoxy) is 1. The van der Waals surface area contributed by atoms with Crippen molar-refractivity contribution in [1.82, 2.24) is 19.2 Å². The molecular formula is C25H27N5O3S. The smallest absolute Gasteiger partial charge is 0.274 e. The fraction of sp³-hybridized carbons (Fsp3) is 0.280. The highest BCUT2D eigenvalue weighted by atomic mass is 32.2. The van der Waals surface area contributed by atoms with E-state index in [4.69, 9.17) is 4.74 Å². The Kier molecular flexibility index (Phi) is 7.02. The molecule has 176 valence electrons. The van der Waals surface area contributed by atoms with Crippen molar-refractivity contribution in [2.24, 2.45) is 0 Å². The fourth-order valence-corrected chi connectivity index (χ4v) is 4.30. The Morgan fingerprint density at radius 2 is 1.88 bits per heavy atom. The topological polar surface area (TPSA) is 90.5 Å². The summed E-state index contributed by atoms with van der Waals surface area (Å²) in [5, 5.41) is 2.84. The molecule has 34 heavy (non-hydrogen) atoms. The molecular weight excluding hydrogens is 450 g/mol. The van der Waals surface area contributed by atoms with Gasteiger partial charge in [-0.3, -0.25) is 14.3 Å². The first-order valence-corrected chi connectivity index (χ1v) is 12.0. The number of rotatable bonds is 8. The van der Waals surface area contributed by atoms with E-state index in [0.717, 1.165) is 16.0 Å². The van der Waals surface area contributed by atoms with Crippen molar-refractivity contribution in [3.8, 4) is 5.75 Å². The zero-order chi connectivity index (χ0) is 24.2. The number of nitrogens with one attached hydrogen (secondary N) is 1. The van der Waals surface area contributed by atoms with Crippen molar-refractivity contribution in [2.75, 3.05) is 11.9 Å². The van der Waals surface area contributed by atoms with Crippen LogP contribution < -0.4 is 15.6 Å². The lowest BCUT2D eigenvalue weighted by Crippen LogP contribution is -2.22. The summed E-state index contributed by atoms with van der Waals surface area (Å²) in [6, 6.07) is 15.0. The van der Waals surface area contributed by atoms with E-state index in [9.17, 15) is 9.59 Å². The van der Waals surface area contributed by atoms with Crippen molar-refractivity contribution in [3.05, 3.63) is 82.0 Å². The average Bonchev–Trinajstić information content (AvgIpc) is 3.23. The number of nitrogens with zero attached hydrogens (tertiary/aromatic N) is 4. The van der Waals surface area contributed by atoms with Crippen LogP contribution in [0.2, 0.25) is 0 Å². The molecule has 0 atom stereocenters. The van der Waals surface area contributed by atoms with E-state index in [1.807, 2.05) is 70.2 Å². The SMILES string of the molecule is Cc1ccc(OCC(=O)Nc2ccc(SCc3cc(=O)n4c(ncn4C(C)C)n3)cc2)c(C)c1. The lowest BCUT2D eigenvalue weighted by Gasteiger charge is -2.10. The first kappa shape index (κ1) is 23.6. The predicted octanol–water partition coefficient (Wildman–Crippen LogP) is 4.40. The summed E-state index contributed by atoms with van der Waals surface area (Å²) >= 11 is 1.56. The van der Waals surface area contributed by atoms with Crippen LogP contribution in [0, 0.1) is 13.8 Å². The van der Waals surface area contributed by atoms with Crippen molar-refractivity contribution in [3.63, 3.8) is 0 Å². The molecule has 0 fully saturated rings. The molecule has 2 aromatic carbocycles. The van der Waals surface area contributed by atoms with Crippen molar-refractivity contribution in [2.45, 2.75) is 44.4 Å². The maximum atomic E-state index is 12.5. The lowest BCUT2D eigenvalue weighted by atomic mass is 10.1. The van der Waals surface area contributed by atoms with Crippen molar-refractivity contribution >= 4 is 29.1 Å². The number of carbonyl (C=O) groups is 1. The second-order valence-corrected chi connectivity index (χ2v) is 9.38. The number of anilines is 1. The maximum Gasteiger partial charge on any atom is 0.274 e. The Morgan fingerprint density at radius 3 is 2.59 bits per heavy atom. The fourth-order valence-electron chi connectivity index (χ4n) is 3.51. The summed E-state index contributed by atoms with van der Waals surface area (Å²) in [6.07, 6.45) is 1.63. The Balaban J connectivity index is 1.32. The first-order chi connectivity index (χ1) is 16.3. The van der Waals surface area contributed by atoms with Gasteiger partial charge in [-0.2, -0.15) is 9.50 Å². The van der Waals surface area contributed by atoms with Crippen LogP contribution in [-0.4, -0.2) is 31.7 Å². The van der Waals surface area contributed by atoms with Gasteiger partial charge in [0.15, 0.2) is 6.61 Å². The number of hydrogen-bond donors (Lipinski definition) is 1. The Hall–Kier alpha value is -3.59. The molecule has 0 aliphatic rings. The number of aromatic nitrogens is 4.